The topological polar surface area (TPSA) is 29.5 Å². The van der Waals surface area contributed by atoms with Crippen LogP contribution in [-0.2, 0) is 6.61 Å². The summed E-state index contributed by atoms with van der Waals surface area (Å²) >= 11 is 9.09. The molecule has 0 radical (unpaired) electrons. The molecule has 2 nitrogen and oxygen atoms in total. The standard InChI is InChI=1S/C15H13BrClFO2/c1-9(19)13-7-12(17)4-5-15(13)20-8-10-2-3-11(16)6-14(10)18/h2-7,9,19H,8H2,1H3. The molecule has 1 unspecified atom stereocenters. The number of hydrogen-bond acceptors (Lipinski definition) is 2. The Bertz CT molecular complexity index is 617. The molecule has 20 heavy (non-hydrogen) atoms. The molecule has 0 amide bonds. The quantitative estimate of drug-likeness (QED) is 0.843. The van der Waals surface area contributed by atoms with Gasteiger partial charge in [-0.15, -0.1) is 0 Å². The van der Waals surface area contributed by atoms with Crippen molar-refractivity contribution in [2.75, 3.05) is 0 Å². The highest BCUT2D eigenvalue weighted by Crippen LogP contribution is 2.29. The zero-order valence-corrected chi connectivity index (χ0v) is 13.1. The van der Waals surface area contributed by atoms with E-state index in [9.17, 15) is 9.50 Å². The first-order valence-corrected chi connectivity index (χ1v) is 7.18. The van der Waals surface area contributed by atoms with Crippen LogP contribution in [-0.4, -0.2) is 5.11 Å². The summed E-state index contributed by atoms with van der Waals surface area (Å²) in [6.45, 7) is 1.71. The highest BCUT2D eigenvalue weighted by molar-refractivity contribution is 9.10. The van der Waals surface area contributed by atoms with Gasteiger partial charge in [0.05, 0.1) is 6.10 Å². The molecule has 0 fully saturated rings. The fourth-order valence-corrected chi connectivity index (χ4v) is 2.29. The van der Waals surface area contributed by atoms with Crippen LogP contribution in [0.2, 0.25) is 5.02 Å². The number of hydrogen-bond donors (Lipinski definition) is 1. The molecule has 1 N–H and O–H groups in total. The SMILES string of the molecule is CC(O)c1cc(Cl)ccc1OCc1ccc(Br)cc1F. The minimum atomic E-state index is -0.710. The van der Waals surface area contributed by atoms with Gasteiger partial charge < -0.3 is 9.84 Å². The van der Waals surface area contributed by atoms with Crippen molar-refractivity contribution in [3.05, 3.63) is 62.8 Å². The Kier molecular flexibility index (Phi) is 5.02. The van der Waals surface area contributed by atoms with E-state index in [2.05, 4.69) is 15.9 Å². The van der Waals surface area contributed by atoms with Crippen molar-refractivity contribution in [1.82, 2.24) is 0 Å². The van der Waals surface area contributed by atoms with Crippen LogP contribution in [0.3, 0.4) is 0 Å². The van der Waals surface area contributed by atoms with Crippen molar-refractivity contribution >= 4 is 27.5 Å². The molecule has 0 aliphatic rings. The highest BCUT2D eigenvalue weighted by atomic mass is 79.9. The summed E-state index contributed by atoms with van der Waals surface area (Å²) in [5, 5.41) is 10.2. The molecule has 0 heterocycles. The Morgan fingerprint density at radius 1 is 1.30 bits per heavy atom. The fourth-order valence-electron chi connectivity index (χ4n) is 1.77. The van der Waals surface area contributed by atoms with Crippen LogP contribution in [0.1, 0.15) is 24.2 Å². The third-order valence-corrected chi connectivity index (χ3v) is 3.55. The van der Waals surface area contributed by atoms with Gasteiger partial charge in [0, 0.05) is 20.6 Å². The lowest BCUT2D eigenvalue weighted by Gasteiger charge is -2.14. The zero-order valence-electron chi connectivity index (χ0n) is 10.7. The highest BCUT2D eigenvalue weighted by Gasteiger charge is 2.11. The maximum atomic E-state index is 13.7. The number of benzene rings is 2. The lowest BCUT2D eigenvalue weighted by molar-refractivity contribution is 0.190. The lowest BCUT2D eigenvalue weighted by atomic mass is 10.1. The van der Waals surface area contributed by atoms with Crippen molar-refractivity contribution in [1.29, 1.82) is 0 Å². The summed E-state index contributed by atoms with van der Waals surface area (Å²) in [6.07, 6.45) is -0.710. The summed E-state index contributed by atoms with van der Waals surface area (Å²) in [5.74, 6) is 0.152. The van der Waals surface area contributed by atoms with E-state index < -0.39 is 6.10 Å². The van der Waals surface area contributed by atoms with Gasteiger partial charge in [0.15, 0.2) is 0 Å². The second-order valence-corrected chi connectivity index (χ2v) is 5.73. The van der Waals surface area contributed by atoms with Crippen molar-refractivity contribution < 1.29 is 14.2 Å². The maximum Gasteiger partial charge on any atom is 0.130 e. The van der Waals surface area contributed by atoms with E-state index in [-0.39, 0.29) is 12.4 Å². The fraction of sp³-hybridized carbons (Fsp3) is 0.200. The van der Waals surface area contributed by atoms with Crippen LogP contribution in [0.15, 0.2) is 40.9 Å². The molecule has 0 aliphatic heterocycles. The van der Waals surface area contributed by atoms with Gasteiger partial charge >= 0.3 is 0 Å². The van der Waals surface area contributed by atoms with Gasteiger partial charge in [-0.2, -0.15) is 0 Å². The van der Waals surface area contributed by atoms with E-state index in [1.807, 2.05) is 0 Å². The van der Waals surface area contributed by atoms with Crippen molar-refractivity contribution in [3.8, 4) is 5.75 Å². The molecule has 0 aliphatic carbocycles. The molecule has 2 rings (SSSR count). The van der Waals surface area contributed by atoms with Crippen LogP contribution < -0.4 is 4.74 Å². The smallest absolute Gasteiger partial charge is 0.130 e. The first kappa shape index (κ1) is 15.3. The predicted octanol–water partition coefficient (Wildman–Crippen LogP) is 4.87. The molecule has 0 bridgehead atoms. The van der Waals surface area contributed by atoms with Gasteiger partial charge in [-0.1, -0.05) is 33.6 Å². The Labute approximate surface area is 130 Å². The maximum absolute atomic E-state index is 13.7. The minimum absolute atomic E-state index is 0.0838. The predicted molar refractivity (Wildman–Crippen MR) is 80.5 cm³/mol. The van der Waals surface area contributed by atoms with Gasteiger partial charge in [0.2, 0.25) is 0 Å². The van der Waals surface area contributed by atoms with Gasteiger partial charge in [0.1, 0.15) is 18.2 Å². The second kappa shape index (κ2) is 6.57. The van der Waals surface area contributed by atoms with E-state index in [4.69, 9.17) is 16.3 Å². The molecule has 106 valence electrons. The van der Waals surface area contributed by atoms with Crippen molar-refractivity contribution in [2.45, 2.75) is 19.6 Å². The van der Waals surface area contributed by atoms with Gasteiger partial charge in [-0.25, -0.2) is 4.39 Å². The molecular weight excluding hydrogens is 347 g/mol. The van der Waals surface area contributed by atoms with E-state index in [1.165, 1.54) is 6.07 Å². The van der Waals surface area contributed by atoms with Crippen LogP contribution in [0.5, 0.6) is 5.75 Å². The zero-order chi connectivity index (χ0) is 14.7. The monoisotopic (exact) mass is 358 g/mol. The van der Waals surface area contributed by atoms with Gasteiger partial charge in [-0.3, -0.25) is 0 Å². The van der Waals surface area contributed by atoms with Gasteiger partial charge in [0.25, 0.3) is 0 Å². The molecular formula is C15H13BrClFO2. The summed E-state index contributed by atoms with van der Waals surface area (Å²) in [7, 11) is 0. The molecule has 5 heteroatoms. The third kappa shape index (κ3) is 3.72. The molecule has 1 atom stereocenters. The number of aliphatic hydroxyl groups is 1. The summed E-state index contributed by atoms with van der Waals surface area (Å²) in [6, 6.07) is 9.76. The molecule has 2 aromatic carbocycles. The van der Waals surface area contributed by atoms with E-state index in [0.29, 0.717) is 26.4 Å². The largest absolute Gasteiger partial charge is 0.488 e. The molecule has 0 spiro atoms. The average molecular weight is 360 g/mol. The van der Waals surface area contributed by atoms with Crippen LogP contribution >= 0.6 is 27.5 Å². The van der Waals surface area contributed by atoms with Crippen LogP contribution in [0.4, 0.5) is 4.39 Å². The number of ether oxygens (including phenoxy) is 1. The molecule has 0 saturated carbocycles. The normalized spacial score (nSPS) is 12.2. The van der Waals surface area contributed by atoms with Crippen molar-refractivity contribution in [3.63, 3.8) is 0 Å². The van der Waals surface area contributed by atoms with Crippen molar-refractivity contribution in [2.24, 2.45) is 0 Å². The number of aliphatic hydroxyl groups excluding tert-OH is 1. The molecule has 2 aromatic rings. The molecule has 0 aromatic heterocycles. The molecule has 0 saturated heterocycles. The average Bonchev–Trinajstić information content (AvgIpc) is 2.38. The van der Waals surface area contributed by atoms with E-state index in [1.54, 1.807) is 37.3 Å². The summed E-state index contributed by atoms with van der Waals surface area (Å²) in [5.41, 5.74) is 1.02. The Balaban J connectivity index is 2.18. The van der Waals surface area contributed by atoms with Gasteiger partial charge in [-0.05, 0) is 37.3 Å². The summed E-state index contributed by atoms with van der Waals surface area (Å²) < 4.78 is 20.0. The van der Waals surface area contributed by atoms with Crippen LogP contribution in [0, 0.1) is 5.82 Å². The second-order valence-electron chi connectivity index (χ2n) is 4.38. The first-order chi connectivity index (χ1) is 9.47. The minimum Gasteiger partial charge on any atom is -0.488 e. The Morgan fingerprint density at radius 2 is 2.05 bits per heavy atom. The summed E-state index contributed by atoms with van der Waals surface area (Å²) in [4.78, 5) is 0. The van der Waals surface area contributed by atoms with E-state index >= 15 is 0 Å². The van der Waals surface area contributed by atoms with E-state index in [0.717, 1.165) is 0 Å². The van der Waals surface area contributed by atoms with Crippen LogP contribution in [0.25, 0.3) is 0 Å². The third-order valence-electron chi connectivity index (χ3n) is 2.82. The number of rotatable bonds is 4. The first-order valence-electron chi connectivity index (χ1n) is 6.01. The lowest BCUT2D eigenvalue weighted by Crippen LogP contribution is -2.02. The Morgan fingerprint density at radius 3 is 2.70 bits per heavy atom. The Hall–Kier alpha value is -1.10. The number of halogens is 3.